The van der Waals surface area contributed by atoms with Crippen LogP contribution in [0.1, 0.15) is 13.8 Å². The lowest BCUT2D eigenvalue weighted by atomic mass is 10.6. The molecule has 5 nitrogen and oxygen atoms in total. The Morgan fingerprint density at radius 3 is 2.33 bits per heavy atom. The second-order valence-corrected chi connectivity index (χ2v) is 4.72. The molecular formula is C6H15NO4S. The normalized spacial score (nSPS) is 12.3. The topological polar surface area (TPSA) is 64.6 Å². The van der Waals surface area contributed by atoms with Gasteiger partial charge < -0.3 is 4.74 Å². The SMILES string of the molecule is COCCONS(=O)(=O)C(C)C. The predicted molar refractivity (Wildman–Crippen MR) is 45.0 cm³/mol. The number of sulfonamides is 1. The van der Waals surface area contributed by atoms with Crippen molar-refractivity contribution in [2.45, 2.75) is 19.1 Å². The molecule has 74 valence electrons. The van der Waals surface area contributed by atoms with Gasteiger partial charge >= 0.3 is 0 Å². The van der Waals surface area contributed by atoms with Crippen molar-refractivity contribution < 1.29 is 18.0 Å². The zero-order valence-electron chi connectivity index (χ0n) is 7.53. The number of hydrogen-bond acceptors (Lipinski definition) is 4. The van der Waals surface area contributed by atoms with Crippen LogP contribution in [0.25, 0.3) is 0 Å². The fourth-order valence-corrected chi connectivity index (χ4v) is 0.785. The van der Waals surface area contributed by atoms with Gasteiger partial charge in [0, 0.05) is 7.11 Å². The average molecular weight is 197 g/mol. The van der Waals surface area contributed by atoms with Crippen molar-refractivity contribution in [1.82, 2.24) is 4.89 Å². The first-order valence-electron chi connectivity index (χ1n) is 3.62. The van der Waals surface area contributed by atoms with Gasteiger partial charge in [-0.15, -0.1) is 0 Å². The van der Waals surface area contributed by atoms with Crippen LogP contribution < -0.4 is 4.89 Å². The minimum Gasteiger partial charge on any atom is -0.382 e. The molecule has 0 aromatic rings. The summed E-state index contributed by atoms with van der Waals surface area (Å²) in [6.07, 6.45) is 0. The van der Waals surface area contributed by atoms with Crippen LogP contribution in [0, 0.1) is 0 Å². The van der Waals surface area contributed by atoms with E-state index in [2.05, 4.69) is 9.57 Å². The highest BCUT2D eigenvalue weighted by Gasteiger charge is 2.14. The van der Waals surface area contributed by atoms with E-state index in [1.807, 2.05) is 4.89 Å². The third-order valence-electron chi connectivity index (χ3n) is 1.19. The van der Waals surface area contributed by atoms with Crippen LogP contribution in [0.4, 0.5) is 0 Å². The minimum absolute atomic E-state index is 0.211. The molecule has 0 aliphatic heterocycles. The number of ether oxygens (including phenoxy) is 1. The first kappa shape index (κ1) is 11.8. The van der Waals surface area contributed by atoms with Gasteiger partial charge in [0.25, 0.3) is 0 Å². The molecule has 0 amide bonds. The predicted octanol–water partition coefficient (Wildman–Crippen LogP) is -0.108. The molecule has 0 fully saturated rings. The molecular weight excluding hydrogens is 182 g/mol. The van der Waals surface area contributed by atoms with Gasteiger partial charge in [-0.3, -0.25) is 4.84 Å². The molecule has 0 aliphatic carbocycles. The highest BCUT2D eigenvalue weighted by Crippen LogP contribution is 1.94. The smallest absolute Gasteiger partial charge is 0.235 e. The van der Waals surface area contributed by atoms with E-state index >= 15 is 0 Å². The van der Waals surface area contributed by atoms with Crippen molar-refractivity contribution in [3.05, 3.63) is 0 Å². The summed E-state index contributed by atoms with van der Waals surface area (Å²) in [4.78, 5) is 6.62. The summed E-state index contributed by atoms with van der Waals surface area (Å²) in [5, 5.41) is -0.486. The van der Waals surface area contributed by atoms with E-state index in [-0.39, 0.29) is 6.61 Å². The van der Waals surface area contributed by atoms with E-state index in [1.54, 1.807) is 13.8 Å². The van der Waals surface area contributed by atoms with Crippen LogP contribution in [0.5, 0.6) is 0 Å². The van der Waals surface area contributed by atoms with Gasteiger partial charge in [-0.2, -0.15) is 0 Å². The Morgan fingerprint density at radius 1 is 1.33 bits per heavy atom. The highest BCUT2D eigenvalue weighted by molar-refractivity contribution is 7.89. The fraction of sp³-hybridized carbons (Fsp3) is 1.00. The standard InChI is InChI=1S/C6H15NO4S/c1-6(2)12(8,9)7-11-5-4-10-3/h6-7H,4-5H2,1-3H3. The third kappa shape index (κ3) is 4.66. The summed E-state index contributed by atoms with van der Waals surface area (Å²) >= 11 is 0. The molecule has 0 radical (unpaired) electrons. The number of methoxy groups -OCH3 is 1. The van der Waals surface area contributed by atoms with Crippen molar-refractivity contribution in [1.29, 1.82) is 0 Å². The zero-order valence-corrected chi connectivity index (χ0v) is 8.35. The van der Waals surface area contributed by atoms with Crippen LogP contribution >= 0.6 is 0 Å². The lowest BCUT2D eigenvalue weighted by Gasteiger charge is -2.08. The molecule has 0 atom stereocenters. The van der Waals surface area contributed by atoms with Gasteiger partial charge in [-0.1, -0.05) is 4.89 Å². The molecule has 1 N–H and O–H groups in total. The van der Waals surface area contributed by atoms with Crippen LogP contribution in [-0.4, -0.2) is 34.0 Å². The van der Waals surface area contributed by atoms with Gasteiger partial charge in [0.2, 0.25) is 10.0 Å². The second kappa shape index (κ2) is 5.47. The van der Waals surface area contributed by atoms with Gasteiger partial charge in [0.15, 0.2) is 0 Å². The van der Waals surface area contributed by atoms with Crippen molar-refractivity contribution in [3.63, 3.8) is 0 Å². The monoisotopic (exact) mass is 197 g/mol. The number of rotatable bonds is 6. The maximum absolute atomic E-state index is 11.0. The molecule has 0 spiro atoms. The Bertz CT molecular complexity index is 200. The van der Waals surface area contributed by atoms with Crippen molar-refractivity contribution in [3.8, 4) is 0 Å². The molecule has 0 bridgehead atoms. The Morgan fingerprint density at radius 2 is 1.92 bits per heavy atom. The minimum atomic E-state index is -3.31. The second-order valence-electron chi connectivity index (χ2n) is 2.52. The molecule has 0 aromatic heterocycles. The molecule has 0 aromatic carbocycles. The Kier molecular flexibility index (Phi) is 5.39. The van der Waals surface area contributed by atoms with E-state index in [4.69, 9.17) is 0 Å². The summed E-state index contributed by atoms with van der Waals surface area (Å²) in [5.41, 5.74) is 0. The molecule has 0 saturated heterocycles. The van der Waals surface area contributed by atoms with Crippen molar-refractivity contribution >= 4 is 10.0 Å². The van der Waals surface area contributed by atoms with Gasteiger partial charge in [-0.05, 0) is 13.8 Å². The van der Waals surface area contributed by atoms with Crippen molar-refractivity contribution in [2.75, 3.05) is 20.3 Å². The first-order chi connectivity index (χ1) is 5.50. The first-order valence-corrected chi connectivity index (χ1v) is 5.16. The Labute approximate surface area is 73.1 Å². The quantitative estimate of drug-likeness (QED) is 0.477. The fourth-order valence-electron chi connectivity index (χ4n) is 0.345. The summed E-state index contributed by atoms with van der Waals surface area (Å²) < 4.78 is 26.7. The number of hydrogen-bond donors (Lipinski definition) is 1. The molecule has 6 heteroatoms. The summed E-state index contributed by atoms with van der Waals surface area (Å²) in [6.45, 7) is 3.72. The maximum atomic E-state index is 11.0. The molecule has 0 rings (SSSR count). The summed E-state index contributed by atoms with van der Waals surface area (Å²) in [7, 11) is -1.79. The van der Waals surface area contributed by atoms with Gasteiger partial charge in [0.1, 0.15) is 0 Å². The van der Waals surface area contributed by atoms with Crippen LogP contribution in [0.3, 0.4) is 0 Å². The van der Waals surface area contributed by atoms with E-state index in [1.165, 1.54) is 7.11 Å². The van der Waals surface area contributed by atoms with Crippen LogP contribution in [0.15, 0.2) is 0 Å². The summed E-state index contributed by atoms with van der Waals surface area (Å²) in [5.74, 6) is 0. The molecule has 0 aliphatic rings. The average Bonchev–Trinajstić information content (AvgIpc) is 1.98. The molecule has 12 heavy (non-hydrogen) atoms. The largest absolute Gasteiger partial charge is 0.382 e. The molecule has 0 heterocycles. The lowest BCUT2D eigenvalue weighted by molar-refractivity contribution is 0.0435. The lowest BCUT2D eigenvalue weighted by Crippen LogP contribution is -2.31. The summed E-state index contributed by atoms with van der Waals surface area (Å²) in [6, 6.07) is 0. The van der Waals surface area contributed by atoms with Crippen LogP contribution in [-0.2, 0) is 19.6 Å². The Balaban J connectivity index is 3.63. The molecule has 0 saturated carbocycles. The highest BCUT2D eigenvalue weighted by atomic mass is 32.2. The number of nitrogens with one attached hydrogen (secondary N) is 1. The maximum Gasteiger partial charge on any atom is 0.235 e. The van der Waals surface area contributed by atoms with Gasteiger partial charge in [-0.25, -0.2) is 8.42 Å². The zero-order chi connectivity index (χ0) is 9.61. The van der Waals surface area contributed by atoms with E-state index in [0.29, 0.717) is 6.61 Å². The van der Waals surface area contributed by atoms with E-state index in [0.717, 1.165) is 0 Å². The molecule has 0 unspecified atom stereocenters. The third-order valence-corrected chi connectivity index (χ3v) is 2.78. The van der Waals surface area contributed by atoms with Gasteiger partial charge in [0.05, 0.1) is 18.5 Å². The van der Waals surface area contributed by atoms with Crippen molar-refractivity contribution in [2.24, 2.45) is 0 Å². The van der Waals surface area contributed by atoms with Crippen LogP contribution in [0.2, 0.25) is 0 Å². The van der Waals surface area contributed by atoms with E-state index < -0.39 is 15.3 Å². The Hall–Kier alpha value is -0.170. The van der Waals surface area contributed by atoms with E-state index in [9.17, 15) is 8.42 Å².